The molecule has 98 valence electrons. The van der Waals surface area contributed by atoms with Gasteiger partial charge in [-0.3, -0.25) is 4.79 Å². The highest BCUT2D eigenvalue weighted by Crippen LogP contribution is 2.08. The summed E-state index contributed by atoms with van der Waals surface area (Å²) in [6.07, 6.45) is 0. The van der Waals surface area contributed by atoms with Crippen molar-refractivity contribution in [3.8, 4) is 0 Å². The van der Waals surface area contributed by atoms with Gasteiger partial charge >= 0.3 is 0 Å². The predicted octanol–water partition coefficient (Wildman–Crippen LogP) is -0.613. The van der Waals surface area contributed by atoms with E-state index in [-0.39, 0.29) is 11.8 Å². The predicted molar refractivity (Wildman–Crippen MR) is 65.9 cm³/mol. The zero-order valence-corrected chi connectivity index (χ0v) is 10.7. The van der Waals surface area contributed by atoms with Crippen LogP contribution in [0, 0.1) is 5.92 Å². The molecule has 17 heavy (non-hydrogen) atoms. The second-order valence-electron chi connectivity index (χ2n) is 4.89. The van der Waals surface area contributed by atoms with Gasteiger partial charge in [-0.25, -0.2) is 0 Å². The van der Waals surface area contributed by atoms with Gasteiger partial charge in [0, 0.05) is 51.7 Å². The standard InChI is InChI=1S/C12H23N3O2/c1-11(10-14-4-2-13-3-5-14)12(16)15-6-8-17-9-7-15/h11,13H,2-10H2,1H3. The summed E-state index contributed by atoms with van der Waals surface area (Å²) in [4.78, 5) is 16.5. The summed E-state index contributed by atoms with van der Waals surface area (Å²) in [7, 11) is 0. The van der Waals surface area contributed by atoms with Crippen LogP contribution in [0.3, 0.4) is 0 Å². The summed E-state index contributed by atoms with van der Waals surface area (Å²) in [6, 6.07) is 0. The van der Waals surface area contributed by atoms with Gasteiger partial charge in [-0.1, -0.05) is 6.92 Å². The Labute approximate surface area is 103 Å². The molecule has 5 heteroatoms. The van der Waals surface area contributed by atoms with Gasteiger partial charge in [0.25, 0.3) is 0 Å². The van der Waals surface area contributed by atoms with E-state index in [9.17, 15) is 4.79 Å². The molecular formula is C12H23N3O2. The number of carbonyl (C=O) groups excluding carboxylic acids is 1. The van der Waals surface area contributed by atoms with Crippen LogP contribution in [0.1, 0.15) is 6.92 Å². The molecule has 2 heterocycles. The molecule has 1 unspecified atom stereocenters. The molecule has 0 saturated carbocycles. The van der Waals surface area contributed by atoms with Gasteiger partial charge in [0.1, 0.15) is 0 Å². The molecule has 1 atom stereocenters. The Bertz CT molecular complexity index is 248. The molecule has 0 spiro atoms. The second-order valence-corrected chi connectivity index (χ2v) is 4.89. The van der Waals surface area contributed by atoms with Crippen molar-refractivity contribution in [1.82, 2.24) is 15.1 Å². The van der Waals surface area contributed by atoms with Crippen molar-refractivity contribution in [2.45, 2.75) is 6.92 Å². The third-order valence-electron chi connectivity index (χ3n) is 3.49. The second kappa shape index (κ2) is 6.33. The van der Waals surface area contributed by atoms with Crippen LogP contribution in [-0.4, -0.2) is 74.7 Å². The van der Waals surface area contributed by atoms with Crippen molar-refractivity contribution in [2.75, 3.05) is 59.0 Å². The maximum atomic E-state index is 12.2. The number of hydrogen-bond acceptors (Lipinski definition) is 4. The maximum Gasteiger partial charge on any atom is 0.226 e. The number of amides is 1. The van der Waals surface area contributed by atoms with E-state index >= 15 is 0 Å². The van der Waals surface area contributed by atoms with Gasteiger partial charge in [-0.15, -0.1) is 0 Å². The molecule has 0 aromatic heterocycles. The highest BCUT2D eigenvalue weighted by molar-refractivity contribution is 5.78. The summed E-state index contributed by atoms with van der Waals surface area (Å²) in [5.41, 5.74) is 0. The molecule has 0 aromatic carbocycles. The van der Waals surface area contributed by atoms with E-state index in [0.717, 1.165) is 45.8 Å². The summed E-state index contributed by atoms with van der Waals surface area (Å²) in [6.45, 7) is 10.0. The highest BCUT2D eigenvalue weighted by atomic mass is 16.5. The third-order valence-corrected chi connectivity index (χ3v) is 3.49. The minimum absolute atomic E-state index is 0.103. The third kappa shape index (κ3) is 3.66. The number of rotatable bonds is 3. The van der Waals surface area contributed by atoms with Crippen LogP contribution in [0.4, 0.5) is 0 Å². The van der Waals surface area contributed by atoms with Crippen molar-refractivity contribution in [1.29, 1.82) is 0 Å². The molecule has 0 aromatic rings. The molecule has 2 aliphatic rings. The SMILES string of the molecule is CC(CN1CCNCC1)C(=O)N1CCOCC1. The smallest absolute Gasteiger partial charge is 0.226 e. The highest BCUT2D eigenvalue weighted by Gasteiger charge is 2.24. The quantitative estimate of drug-likeness (QED) is 0.716. The largest absolute Gasteiger partial charge is 0.378 e. The first-order valence-corrected chi connectivity index (χ1v) is 6.57. The van der Waals surface area contributed by atoms with Crippen LogP contribution in [0.5, 0.6) is 0 Å². The number of nitrogens with zero attached hydrogens (tertiary/aromatic N) is 2. The minimum atomic E-state index is 0.103. The van der Waals surface area contributed by atoms with E-state index in [1.807, 2.05) is 11.8 Å². The molecule has 1 amide bonds. The Morgan fingerprint density at radius 1 is 1.24 bits per heavy atom. The number of nitrogens with one attached hydrogen (secondary N) is 1. The summed E-state index contributed by atoms with van der Waals surface area (Å²) in [5, 5.41) is 3.33. The van der Waals surface area contributed by atoms with Crippen LogP contribution < -0.4 is 5.32 Å². The molecule has 2 fully saturated rings. The number of ether oxygens (including phenoxy) is 1. The Morgan fingerprint density at radius 2 is 1.88 bits per heavy atom. The lowest BCUT2D eigenvalue weighted by Gasteiger charge is -2.33. The fraction of sp³-hybridized carbons (Fsp3) is 0.917. The molecule has 2 rings (SSSR count). The molecule has 2 aliphatic heterocycles. The zero-order chi connectivity index (χ0) is 12.1. The van der Waals surface area contributed by atoms with E-state index in [1.54, 1.807) is 0 Å². The average molecular weight is 241 g/mol. The Balaban J connectivity index is 1.77. The van der Waals surface area contributed by atoms with E-state index in [1.165, 1.54) is 0 Å². The molecule has 0 radical (unpaired) electrons. The number of morpholine rings is 1. The lowest BCUT2D eigenvalue weighted by atomic mass is 10.1. The molecule has 5 nitrogen and oxygen atoms in total. The van der Waals surface area contributed by atoms with E-state index in [2.05, 4.69) is 10.2 Å². The fourth-order valence-electron chi connectivity index (χ4n) is 2.45. The zero-order valence-electron chi connectivity index (χ0n) is 10.7. The van der Waals surface area contributed by atoms with Gasteiger partial charge in [0.05, 0.1) is 13.2 Å². The molecule has 1 N–H and O–H groups in total. The van der Waals surface area contributed by atoms with Gasteiger partial charge in [-0.05, 0) is 0 Å². The van der Waals surface area contributed by atoms with Crippen molar-refractivity contribution in [2.24, 2.45) is 5.92 Å². The summed E-state index contributed by atoms with van der Waals surface area (Å²) >= 11 is 0. The minimum Gasteiger partial charge on any atom is -0.378 e. The fourth-order valence-corrected chi connectivity index (χ4v) is 2.45. The molecule has 0 bridgehead atoms. The maximum absolute atomic E-state index is 12.2. The van der Waals surface area contributed by atoms with E-state index in [0.29, 0.717) is 13.2 Å². The van der Waals surface area contributed by atoms with Crippen LogP contribution in [0.2, 0.25) is 0 Å². The number of piperazine rings is 1. The van der Waals surface area contributed by atoms with Gasteiger partial charge in [-0.2, -0.15) is 0 Å². The Hall–Kier alpha value is -0.650. The molecule has 2 saturated heterocycles. The lowest BCUT2D eigenvalue weighted by molar-refractivity contribution is -0.139. The van der Waals surface area contributed by atoms with E-state index < -0.39 is 0 Å². The van der Waals surface area contributed by atoms with Gasteiger partial charge < -0.3 is 19.9 Å². The van der Waals surface area contributed by atoms with Crippen LogP contribution in [0.15, 0.2) is 0 Å². The Morgan fingerprint density at radius 3 is 2.53 bits per heavy atom. The van der Waals surface area contributed by atoms with Crippen molar-refractivity contribution in [3.05, 3.63) is 0 Å². The molecule has 0 aliphatic carbocycles. The van der Waals surface area contributed by atoms with Crippen LogP contribution in [0.25, 0.3) is 0 Å². The molecular weight excluding hydrogens is 218 g/mol. The van der Waals surface area contributed by atoms with E-state index in [4.69, 9.17) is 4.74 Å². The first-order chi connectivity index (χ1) is 8.27. The van der Waals surface area contributed by atoms with Crippen LogP contribution in [-0.2, 0) is 9.53 Å². The first-order valence-electron chi connectivity index (χ1n) is 6.57. The number of carbonyl (C=O) groups is 1. The van der Waals surface area contributed by atoms with Crippen molar-refractivity contribution < 1.29 is 9.53 Å². The summed E-state index contributed by atoms with van der Waals surface area (Å²) in [5.74, 6) is 0.387. The normalized spacial score (nSPS) is 24.6. The average Bonchev–Trinajstić information content (AvgIpc) is 2.40. The monoisotopic (exact) mass is 241 g/mol. The number of hydrogen-bond donors (Lipinski definition) is 1. The van der Waals surface area contributed by atoms with Crippen LogP contribution >= 0.6 is 0 Å². The Kier molecular flexibility index (Phi) is 4.76. The van der Waals surface area contributed by atoms with Gasteiger partial charge in [0.15, 0.2) is 0 Å². The summed E-state index contributed by atoms with van der Waals surface area (Å²) < 4.78 is 5.27. The van der Waals surface area contributed by atoms with Gasteiger partial charge in [0.2, 0.25) is 5.91 Å². The van der Waals surface area contributed by atoms with Crippen molar-refractivity contribution >= 4 is 5.91 Å². The topological polar surface area (TPSA) is 44.8 Å². The lowest BCUT2D eigenvalue weighted by Crippen LogP contribution is -2.49. The first kappa shape index (κ1) is 12.8. The van der Waals surface area contributed by atoms with Crippen molar-refractivity contribution in [3.63, 3.8) is 0 Å².